The second-order valence-electron chi connectivity index (χ2n) is 10.6. The van der Waals surface area contributed by atoms with E-state index < -0.39 is 34.9 Å². The number of alkyl halides is 3. The van der Waals surface area contributed by atoms with E-state index in [4.69, 9.17) is 4.74 Å². The second-order valence-corrected chi connectivity index (χ2v) is 11.3. The number of anilines is 2. The van der Waals surface area contributed by atoms with Gasteiger partial charge in [0.1, 0.15) is 17.8 Å². The van der Waals surface area contributed by atoms with Crippen LogP contribution in [0.4, 0.5) is 29.3 Å². The van der Waals surface area contributed by atoms with Crippen molar-refractivity contribution in [2.75, 3.05) is 43.0 Å². The Morgan fingerprint density at radius 1 is 1.07 bits per heavy atom. The van der Waals surface area contributed by atoms with E-state index in [0.717, 1.165) is 16.6 Å². The summed E-state index contributed by atoms with van der Waals surface area (Å²) < 4.78 is 47.3. The normalized spacial score (nSPS) is 14.5. The maximum Gasteiger partial charge on any atom is 0.416 e. The minimum Gasteiger partial charge on any atom is -0.444 e. The molecule has 0 aliphatic carbocycles. The fraction of sp³-hybridized carbons (Fsp3) is 0.500. The number of benzene rings is 1. The number of halogens is 4. The zero-order valence-corrected chi connectivity index (χ0v) is 24.9. The molecule has 2 amide bonds. The summed E-state index contributed by atoms with van der Waals surface area (Å²) in [5.74, 6) is -0.297. The van der Waals surface area contributed by atoms with Gasteiger partial charge in [-0.25, -0.2) is 4.79 Å². The average molecular weight is 642 g/mol. The highest BCUT2D eigenvalue weighted by molar-refractivity contribution is 9.10. The quantitative estimate of drug-likeness (QED) is 0.415. The van der Waals surface area contributed by atoms with Crippen molar-refractivity contribution in [1.82, 2.24) is 24.1 Å². The Labute approximate surface area is 242 Å². The molecule has 41 heavy (non-hydrogen) atoms. The molecule has 222 valence electrons. The van der Waals surface area contributed by atoms with Crippen molar-refractivity contribution in [2.45, 2.75) is 52.4 Å². The average Bonchev–Trinajstić information content (AvgIpc) is 3.30. The molecule has 0 unspecified atom stereocenters. The molecule has 2 aromatic heterocycles. The molecule has 15 heteroatoms. The molecule has 1 aliphatic heterocycles. The van der Waals surface area contributed by atoms with Gasteiger partial charge in [0.05, 0.1) is 11.3 Å². The number of rotatable bonds is 5. The van der Waals surface area contributed by atoms with Gasteiger partial charge >= 0.3 is 12.3 Å². The van der Waals surface area contributed by atoms with Crippen LogP contribution in [0.3, 0.4) is 0 Å². The standard InChI is InChI=1S/C26H31BrF3N7O4/c1-6-18-20(34-11-13-35(14-12-34)24(40)41-25(2,3)4)21(39)37-23(31-22(27)32-37)36(18)15-19(38)33(5)17-9-7-16(8-10-17)26(28,29)30/h7-10H,6,11-15H2,1-5H3. The lowest BCUT2D eigenvalue weighted by atomic mass is 10.2. The number of piperazine rings is 1. The van der Waals surface area contributed by atoms with E-state index in [0.29, 0.717) is 44.0 Å². The highest BCUT2D eigenvalue weighted by Gasteiger charge is 2.32. The smallest absolute Gasteiger partial charge is 0.416 e. The van der Waals surface area contributed by atoms with Gasteiger partial charge in [-0.05, 0) is 67.4 Å². The van der Waals surface area contributed by atoms with E-state index >= 15 is 0 Å². The molecule has 0 N–H and O–H groups in total. The number of carbonyl (C=O) groups is 2. The van der Waals surface area contributed by atoms with Crippen LogP contribution in [0.5, 0.6) is 0 Å². The van der Waals surface area contributed by atoms with Crippen LogP contribution in [0, 0.1) is 0 Å². The summed E-state index contributed by atoms with van der Waals surface area (Å²) in [5, 5.41) is 4.18. The first-order chi connectivity index (χ1) is 19.1. The lowest BCUT2D eigenvalue weighted by molar-refractivity contribution is -0.137. The summed E-state index contributed by atoms with van der Waals surface area (Å²) >= 11 is 3.21. The molecule has 4 rings (SSSR count). The Morgan fingerprint density at radius 2 is 1.68 bits per heavy atom. The lowest BCUT2D eigenvalue weighted by Gasteiger charge is -2.37. The number of carbonyl (C=O) groups excluding carboxylic acids is 2. The lowest BCUT2D eigenvalue weighted by Crippen LogP contribution is -2.51. The fourth-order valence-electron chi connectivity index (χ4n) is 4.60. The molecule has 0 spiro atoms. The van der Waals surface area contributed by atoms with Crippen LogP contribution in [0.2, 0.25) is 0 Å². The molecule has 3 heterocycles. The van der Waals surface area contributed by atoms with E-state index in [9.17, 15) is 27.6 Å². The van der Waals surface area contributed by atoms with Crippen molar-refractivity contribution in [2.24, 2.45) is 0 Å². The fourth-order valence-corrected chi connectivity index (χ4v) is 4.92. The number of aromatic nitrogens is 4. The minimum atomic E-state index is -4.49. The van der Waals surface area contributed by atoms with Crippen molar-refractivity contribution in [3.8, 4) is 0 Å². The predicted molar refractivity (Wildman–Crippen MR) is 149 cm³/mol. The Bertz CT molecular complexity index is 1500. The number of ether oxygens (including phenoxy) is 1. The zero-order chi connectivity index (χ0) is 30.3. The van der Waals surface area contributed by atoms with E-state index in [1.807, 2.05) is 11.8 Å². The van der Waals surface area contributed by atoms with Crippen molar-refractivity contribution in [3.05, 3.63) is 50.6 Å². The first kappa shape index (κ1) is 30.3. The maximum absolute atomic E-state index is 13.6. The molecule has 1 saturated heterocycles. The molecular formula is C26H31BrF3N7O4. The largest absolute Gasteiger partial charge is 0.444 e. The van der Waals surface area contributed by atoms with E-state index in [2.05, 4.69) is 26.0 Å². The molecule has 0 saturated carbocycles. The number of likely N-dealkylation sites (N-methyl/N-ethyl adjacent to an activating group) is 1. The van der Waals surface area contributed by atoms with Crippen LogP contribution >= 0.6 is 15.9 Å². The molecule has 0 atom stereocenters. The summed E-state index contributed by atoms with van der Waals surface area (Å²) in [7, 11) is 1.47. The van der Waals surface area contributed by atoms with Gasteiger partial charge in [-0.3, -0.25) is 9.59 Å². The van der Waals surface area contributed by atoms with E-state index in [-0.39, 0.29) is 22.7 Å². The monoisotopic (exact) mass is 641 g/mol. The molecule has 3 aromatic rings. The first-order valence-electron chi connectivity index (χ1n) is 13.0. The Hall–Kier alpha value is -3.62. The van der Waals surface area contributed by atoms with Crippen molar-refractivity contribution >= 4 is 45.1 Å². The number of hydrogen-bond acceptors (Lipinski definition) is 7. The number of nitrogens with zero attached hydrogens (tertiary/aromatic N) is 7. The highest BCUT2D eigenvalue weighted by atomic mass is 79.9. The van der Waals surface area contributed by atoms with Crippen LogP contribution in [0.15, 0.2) is 33.8 Å². The molecular weight excluding hydrogens is 611 g/mol. The third-order valence-corrected chi connectivity index (χ3v) is 6.97. The molecule has 1 fully saturated rings. The van der Waals surface area contributed by atoms with Gasteiger partial charge in [0.25, 0.3) is 5.56 Å². The zero-order valence-electron chi connectivity index (χ0n) is 23.3. The number of fused-ring (bicyclic) bond motifs is 1. The summed E-state index contributed by atoms with van der Waals surface area (Å²) in [6.45, 7) is 8.32. The molecule has 0 bridgehead atoms. The van der Waals surface area contributed by atoms with Gasteiger partial charge in [0, 0.05) is 38.9 Å². The third-order valence-electron chi connectivity index (χ3n) is 6.63. The van der Waals surface area contributed by atoms with Gasteiger partial charge in [-0.2, -0.15) is 22.7 Å². The SMILES string of the molecule is CCc1c(N2CCN(C(=O)OC(C)(C)C)CC2)c(=O)n2nc(Br)nc2n1CC(=O)N(C)c1ccc(C(F)(F)F)cc1. The summed E-state index contributed by atoms with van der Waals surface area (Å²) in [4.78, 5) is 48.5. The molecule has 1 aromatic carbocycles. The van der Waals surface area contributed by atoms with Gasteiger partial charge in [-0.1, -0.05) is 6.92 Å². The van der Waals surface area contributed by atoms with Gasteiger partial charge < -0.3 is 24.0 Å². The summed E-state index contributed by atoms with van der Waals surface area (Å²) in [5.41, 5.74) is -0.710. The topological polar surface area (TPSA) is 105 Å². The maximum atomic E-state index is 13.6. The first-order valence-corrected chi connectivity index (χ1v) is 13.7. The number of hydrogen-bond donors (Lipinski definition) is 0. The van der Waals surface area contributed by atoms with Crippen LogP contribution in [-0.4, -0.2) is 74.9 Å². The Kier molecular flexibility index (Phi) is 8.39. The van der Waals surface area contributed by atoms with Crippen LogP contribution in [0.1, 0.15) is 39.0 Å². The summed E-state index contributed by atoms with van der Waals surface area (Å²) in [6.07, 6.45) is -4.55. The van der Waals surface area contributed by atoms with Gasteiger partial charge in [-0.15, -0.1) is 5.10 Å². The van der Waals surface area contributed by atoms with Crippen molar-refractivity contribution in [1.29, 1.82) is 0 Å². The third kappa shape index (κ3) is 6.49. The van der Waals surface area contributed by atoms with Crippen LogP contribution in [-0.2, 0) is 28.7 Å². The van der Waals surface area contributed by atoms with Crippen LogP contribution < -0.4 is 15.4 Å². The minimum absolute atomic E-state index is 0.143. The summed E-state index contributed by atoms with van der Waals surface area (Å²) in [6, 6.07) is 4.29. The number of amides is 2. The molecule has 1 aliphatic rings. The second kappa shape index (κ2) is 11.3. The Balaban J connectivity index is 1.65. The van der Waals surface area contributed by atoms with Crippen molar-refractivity contribution < 1.29 is 27.5 Å². The van der Waals surface area contributed by atoms with Crippen molar-refractivity contribution in [3.63, 3.8) is 0 Å². The molecule has 0 radical (unpaired) electrons. The highest BCUT2D eigenvalue weighted by Crippen LogP contribution is 2.30. The van der Waals surface area contributed by atoms with Crippen LogP contribution in [0.25, 0.3) is 5.78 Å². The Morgan fingerprint density at radius 3 is 2.22 bits per heavy atom. The van der Waals surface area contributed by atoms with Gasteiger partial charge in [0.2, 0.25) is 16.4 Å². The van der Waals surface area contributed by atoms with Gasteiger partial charge in [0.15, 0.2) is 0 Å². The van der Waals surface area contributed by atoms with E-state index in [1.165, 1.54) is 24.1 Å². The molecule has 11 nitrogen and oxygen atoms in total. The van der Waals surface area contributed by atoms with E-state index in [1.54, 1.807) is 30.2 Å². The predicted octanol–water partition coefficient (Wildman–Crippen LogP) is 3.95.